The van der Waals surface area contributed by atoms with Crippen LogP contribution in [0.25, 0.3) is 0 Å². The number of alkyl halides is 3. The molecule has 0 bridgehead atoms. The van der Waals surface area contributed by atoms with E-state index in [1.807, 2.05) is 4.90 Å². The van der Waals surface area contributed by atoms with E-state index >= 15 is 0 Å². The number of rotatable bonds is 4. The van der Waals surface area contributed by atoms with Gasteiger partial charge in [0.05, 0.1) is 0 Å². The van der Waals surface area contributed by atoms with E-state index in [2.05, 4.69) is 15.3 Å². The van der Waals surface area contributed by atoms with Gasteiger partial charge in [-0.25, -0.2) is 18.7 Å². The zero-order chi connectivity index (χ0) is 18.0. The quantitative estimate of drug-likeness (QED) is 0.850. The van der Waals surface area contributed by atoms with Crippen molar-refractivity contribution in [2.45, 2.75) is 25.2 Å². The average molecular weight is 358 g/mol. The molecule has 25 heavy (non-hydrogen) atoms. The van der Waals surface area contributed by atoms with Crippen LogP contribution >= 0.6 is 0 Å². The molecule has 1 aromatic heterocycles. The van der Waals surface area contributed by atoms with E-state index in [-0.39, 0.29) is 24.1 Å². The molecule has 1 aromatic carbocycles. The van der Waals surface area contributed by atoms with E-state index in [1.54, 1.807) is 0 Å². The molecule has 0 radical (unpaired) electrons. The molecule has 0 spiro atoms. The van der Waals surface area contributed by atoms with Gasteiger partial charge in [0.1, 0.15) is 17.3 Å². The van der Waals surface area contributed by atoms with Crippen LogP contribution in [0.15, 0.2) is 30.5 Å². The van der Waals surface area contributed by atoms with E-state index in [9.17, 15) is 22.0 Å². The second-order valence-corrected chi connectivity index (χ2v) is 5.86. The zero-order valence-corrected chi connectivity index (χ0v) is 13.0. The van der Waals surface area contributed by atoms with E-state index in [4.69, 9.17) is 0 Å². The standard InChI is InChI=1S/C16H15F5N4/c17-11-1-2-13(18)10(7-11)8-25-6-4-12(9-25)23-15-22-5-3-14(24-15)16(19,20)21/h1-3,5,7,12H,4,6,8-9H2,(H,22,23,24). The Balaban J connectivity index is 1.61. The lowest BCUT2D eigenvalue weighted by Crippen LogP contribution is -2.27. The topological polar surface area (TPSA) is 41.0 Å². The largest absolute Gasteiger partial charge is 0.433 e. The van der Waals surface area contributed by atoms with Crippen molar-refractivity contribution in [3.63, 3.8) is 0 Å². The summed E-state index contributed by atoms with van der Waals surface area (Å²) >= 11 is 0. The van der Waals surface area contributed by atoms with Crippen LogP contribution in [0.3, 0.4) is 0 Å². The Morgan fingerprint density at radius 3 is 2.76 bits per heavy atom. The number of nitrogens with zero attached hydrogens (tertiary/aromatic N) is 3. The van der Waals surface area contributed by atoms with Crippen molar-refractivity contribution in [1.29, 1.82) is 0 Å². The molecule has 3 rings (SSSR count). The Morgan fingerprint density at radius 2 is 2.00 bits per heavy atom. The van der Waals surface area contributed by atoms with Gasteiger partial charge in [0.2, 0.25) is 5.95 Å². The first kappa shape index (κ1) is 17.5. The predicted octanol–water partition coefficient (Wildman–Crippen LogP) is 3.46. The highest BCUT2D eigenvalue weighted by atomic mass is 19.4. The van der Waals surface area contributed by atoms with Gasteiger partial charge in [-0.1, -0.05) is 0 Å². The normalized spacial score (nSPS) is 18.5. The lowest BCUT2D eigenvalue weighted by atomic mass is 10.2. The summed E-state index contributed by atoms with van der Waals surface area (Å²) in [5, 5.41) is 2.86. The molecular formula is C16H15F5N4. The van der Waals surface area contributed by atoms with Gasteiger partial charge in [0, 0.05) is 37.4 Å². The van der Waals surface area contributed by atoms with Gasteiger partial charge in [-0.3, -0.25) is 4.90 Å². The summed E-state index contributed by atoms with van der Waals surface area (Å²) in [4.78, 5) is 9.16. The van der Waals surface area contributed by atoms with Crippen LogP contribution in [0, 0.1) is 11.6 Å². The SMILES string of the molecule is Fc1ccc(F)c(CN2CCC(Nc3nccc(C(F)(F)F)n3)C2)c1. The first-order valence-corrected chi connectivity index (χ1v) is 7.64. The van der Waals surface area contributed by atoms with Crippen LogP contribution in [0.4, 0.5) is 27.9 Å². The molecule has 1 saturated heterocycles. The number of halogens is 5. The molecule has 2 heterocycles. The van der Waals surface area contributed by atoms with Crippen molar-refractivity contribution in [3.05, 3.63) is 53.4 Å². The summed E-state index contributed by atoms with van der Waals surface area (Å²) in [6, 6.07) is 3.91. The number of anilines is 1. The summed E-state index contributed by atoms with van der Waals surface area (Å²) in [7, 11) is 0. The molecule has 1 aliphatic rings. The maximum absolute atomic E-state index is 13.7. The van der Waals surface area contributed by atoms with Crippen LogP contribution in [0.5, 0.6) is 0 Å². The summed E-state index contributed by atoms with van der Waals surface area (Å²) in [5.41, 5.74) is -0.766. The number of likely N-dealkylation sites (tertiary alicyclic amines) is 1. The highest BCUT2D eigenvalue weighted by Gasteiger charge is 2.33. The molecule has 1 atom stereocenters. The average Bonchev–Trinajstić information content (AvgIpc) is 2.97. The second-order valence-electron chi connectivity index (χ2n) is 5.86. The van der Waals surface area contributed by atoms with Gasteiger partial charge < -0.3 is 5.32 Å². The third kappa shape index (κ3) is 4.41. The molecule has 4 nitrogen and oxygen atoms in total. The predicted molar refractivity (Wildman–Crippen MR) is 80.7 cm³/mol. The molecule has 1 aliphatic heterocycles. The minimum Gasteiger partial charge on any atom is -0.350 e. The van der Waals surface area contributed by atoms with Crippen LogP contribution in [0.2, 0.25) is 0 Å². The fraction of sp³-hybridized carbons (Fsp3) is 0.375. The van der Waals surface area contributed by atoms with Crippen LogP contribution in [-0.4, -0.2) is 34.0 Å². The van der Waals surface area contributed by atoms with Gasteiger partial charge in [-0.05, 0) is 30.7 Å². The Labute approximate surface area is 140 Å². The minimum absolute atomic E-state index is 0.0985. The van der Waals surface area contributed by atoms with Crippen molar-refractivity contribution >= 4 is 5.95 Å². The fourth-order valence-corrected chi connectivity index (χ4v) is 2.77. The number of hydrogen-bond donors (Lipinski definition) is 1. The van der Waals surface area contributed by atoms with Crippen molar-refractivity contribution < 1.29 is 22.0 Å². The van der Waals surface area contributed by atoms with Crippen molar-refractivity contribution in [2.24, 2.45) is 0 Å². The van der Waals surface area contributed by atoms with Crippen molar-refractivity contribution in [3.8, 4) is 0 Å². The Kier molecular flexibility index (Phi) is 4.85. The molecule has 0 aliphatic carbocycles. The summed E-state index contributed by atoms with van der Waals surface area (Å²) in [6.07, 6.45) is -2.85. The first-order valence-electron chi connectivity index (χ1n) is 7.64. The van der Waals surface area contributed by atoms with E-state index in [0.29, 0.717) is 19.5 Å². The molecule has 134 valence electrons. The first-order chi connectivity index (χ1) is 11.8. The van der Waals surface area contributed by atoms with Gasteiger partial charge in [-0.2, -0.15) is 13.2 Å². The van der Waals surface area contributed by atoms with Gasteiger partial charge >= 0.3 is 6.18 Å². The smallest absolute Gasteiger partial charge is 0.350 e. The van der Waals surface area contributed by atoms with Crippen LogP contribution in [-0.2, 0) is 12.7 Å². The molecule has 1 fully saturated rings. The molecule has 1 unspecified atom stereocenters. The number of hydrogen-bond acceptors (Lipinski definition) is 4. The van der Waals surface area contributed by atoms with Crippen molar-refractivity contribution in [2.75, 3.05) is 18.4 Å². The Morgan fingerprint density at radius 1 is 1.20 bits per heavy atom. The Hall–Kier alpha value is -2.29. The lowest BCUT2D eigenvalue weighted by molar-refractivity contribution is -0.141. The van der Waals surface area contributed by atoms with Crippen molar-refractivity contribution in [1.82, 2.24) is 14.9 Å². The van der Waals surface area contributed by atoms with Gasteiger partial charge in [0.25, 0.3) is 0 Å². The van der Waals surface area contributed by atoms with E-state index in [1.165, 1.54) is 0 Å². The number of nitrogens with one attached hydrogen (secondary N) is 1. The maximum Gasteiger partial charge on any atom is 0.433 e. The Bertz CT molecular complexity index is 750. The van der Waals surface area contributed by atoms with Gasteiger partial charge in [0.15, 0.2) is 0 Å². The summed E-state index contributed by atoms with van der Waals surface area (Å²) in [6.45, 7) is 1.30. The third-order valence-corrected chi connectivity index (χ3v) is 3.95. The zero-order valence-electron chi connectivity index (χ0n) is 13.0. The molecular weight excluding hydrogens is 343 g/mol. The third-order valence-electron chi connectivity index (χ3n) is 3.95. The van der Waals surface area contributed by atoms with E-state index in [0.717, 1.165) is 30.5 Å². The second kappa shape index (κ2) is 6.91. The van der Waals surface area contributed by atoms with Gasteiger partial charge in [-0.15, -0.1) is 0 Å². The maximum atomic E-state index is 13.7. The van der Waals surface area contributed by atoms with Crippen LogP contribution in [0.1, 0.15) is 17.7 Å². The van der Waals surface area contributed by atoms with Crippen LogP contribution < -0.4 is 5.32 Å². The molecule has 0 amide bonds. The number of aromatic nitrogens is 2. The summed E-state index contributed by atoms with van der Waals surface area (Å²) in [5.74, 6) is -1.10. The highest BCUT2D eigenvalue weighted by molar-refractivity contribution is 5.28. The lowest BCUT2D eigenvalue weighted by Gasteiger charge is -2.17. The monoisotopic (exact) mass is 358 g/mol. The highest BCUT2D eigenvalue weighted by Crippen LogP contribution is 2.28. The fourth-order valence-electron chi connectivity index (χ4n) is 2.77. The van der Waals surface area contributed by atoms with E-state index < -0.39 is 23.5 Å². The molecule has 9 heteroatoms. The summed E-state index contributed by atoms with van der Waals surface area (Å²) < 4.78 is 64.9. The number of benzene rings is 1. The minimum atomic E-state index is -4.53. The molecule has 0 saturated carbocycles. The molecule has 2 aromatic rings. The molecule has 1 N–H and O–H groups in total.